The second kappa shape index (κ2) is 6.42. The summed E-state index contributed by atoms with van der Waals surface area (Å²) in [5.41, 5.74) is 2.23. The van der Waals surface area contributed by atoms with Crippen LogP contribution in [0.1, 0.15) is 26.1 Å². The molecule has 6 nitrogen and oxygen atoms in total. The Morgan fingerprint density at radius 3 is 3.08 bits per heavy atom. The van der Waals surface area contributed by atoms with Crippen molar-refractivity contribution in [3.8, 4) is 0 Å². The standard InChI is InChI=1S/C19H27N5O/c1-3-24-17-7-5-4-6-16(17)21-18(24)12-23-9-8-19(22-14(2)25)13-20-10-15(19)11-23/h4-7,15,20H,3,8-13H2,1-2H3,(H,22,25)/t15-,19+/m0/s1. The number of likely N-dealkylation sites (tertiary alicyclic amines) is 1. The van der Waals surface area contributed by atoms with Gasteiger partial charge in [-0.05, 0) is 25.5 Å². The van der Waals surface area contributed by atoms with Crippen molar-refractivity contribution in [1.29, 1.82) is 0 Å². The summed E-state index contributed by atoms with van der Waals surface area (Å²) in [7, 11) is 0. The van der Waals surface area contributed by atoms with Gasteiger partial charge in [0.1, 0.15) is 5.82 Å². The highest BCUT2D eigenvalue weighted by molar-refractivity contribution is 5.76. The zero-order chi connectivity index (χ0) is 17.4. The van der Waals surface area contributed by atoms with Gasteiger partial charge in [-0.25, -0.2) is 4.98 Å². The van der Waals surface area contributed by atoms with Crippen LogP contribution in [-0.4, -0.2) is 52.1 Å². The topological polar surface area (TPSA) is 62.2 Å². The van der Waals surface area contributed by atoms with E-state index in [1.165, 1.54) is 5.52 Å². The summed E-state index contributed by atoms with van der Waals surface area (Å²) in [6.45, 7) is 9.46. The number of benzene rings is 1. The normalized spacial score (nSPS) is 26.7. The lowest BCUT2D eigenvalue weighted by Crippen LogP contribution is -2.60. The molecule has 0 bridgehead atoms. The highest BCUT2D eigenvalue weighted by Crippen LogP contribution is 2.32. The second-order valence-corrected chi connectivity index (χ2v) is 7.41. The summed E-state index contributed by atoms with van der Waals surface area (Å²) in [6, 6.07) is 8.36. The first-order valence-electron chi connectivity index (χ1n) is 9.27. The van der Waals surface area contributed by atoms with E-state index >= 15 is 0 Å². The van der Waals surface area contributed by atoms with Gasteiger partial charge in [-0.15, -0.1) is 0 Å². The minimum absolute atomic E-state index is 0.0623. The van der Waals surface area contributed by atoms with Gasteiger partial charge in [-0.2, -0.15) is 0 Å². The van der Waals surface area contributed by atoms with Gasteiger partial charge in [0.15, 0.2) is 0 Å². The van der Waals surface area contributed by atoms with E-state index in [1.54, 1.807) is 6.92 Å². The van der Waals surface area contributed by atoms with Crippen LogP contribution in [-0.2, 0) is 17.9 Å². The van der Waals surface area contributed by atoms with Crippen molar-refractivity contribution in [3.05, 3.63) is 30.1 Å². The number of aryl methyl sites for hydroxylation is 1. The second-order valence-electron chi connectivity index (χ2n) is 7.41. The molecule has 3 heterocycles. The van der Waals surface area contributed by atoms with Crippen LogP contribution in [0.5, 0.6) is 0 Å². The molecule has 0 radical (unpaired) electrons. The zero-order valence-electron chi connectivity index (χ0n) is 15.1. The van der Waals surface area contributed by atoms with Crippen LogP contribution in [0.4, 0.5) is 0 Å². The molecule has 2 aliphatic heterocycles. The van der Waals surface area contributed by atoms with Crippen molar-refractivity contribution in [2.75, 3.05) is 26.2 Å². The van der Waals surface area contributed by atoms with Crippen LogP contribution in [0.25, 0.3) is 11.0 Å². The summed E-state index contributed by atoms with van der Waals surface area (Å²) in [5.74, 6) is 1.68. The van der Waals surface area contributed by atoms with E-state index in [2.05, 4.69) is 45.2 Å². The average molecular weight is 341 g/mol. The number of fused-ring (bicyclic) bond motifs is 2. The number of carbonyl (C=O) groups excluding carboxylic acids is 1. The number of piperidine rings is 1. The van der Waals surface area contributed by atoms with Gasteiger partial charge in [-0.1, -0.05) is 12.1 Å². The molecule has 0 unspecified atom stereocenters. The van der Waals surface area contributed by atoms with Crippen LogP contribution in [0.3, 0.4) is 0 Å². The van der Waals surface area contributed by atoms with E-state index in [-0.39, 0.29) is 11.4 Å². The third-order valence-corrected chi connectivity index (χ3v) is 5.81. The van der Waals surface area contributed by atoms with E-state index in [1.807, 2.05) is 6.07 Å². The predicted molar refractivity (Wildman–Crippen MR) is 98.2 cm³/mol. The number of imidazole rings is 1. The van der Waals surface area contributed by atoms with Gasteiger partial charge in [0.05, 0.1) is 23.1 Å². The fourth-order valence-corrected chi connectivity index (χ4v) is 4.60. The molecule has 6 heteroatoms. The zero-order valence-corrected chi connectivity index (χ0v) is 15.1. The molecule has 2 fully saturated rings. The molecule has 0 spiro atoms. The van der Waals surface area contributed by atoms with Gasteiger partial charge >= 0.3 is 0 Å². The number of nitrogens with one attached hydrogen (secondary N) is 2. The molecule has 134 valence electrons. The Kier molecular flexibility index (Phi) is 4.25. The van der Waals surface area contributed by atoms with Crippen molar-refractivity contribution < 1.29 is 4.79 Å². The van der Waals surface area contributed by atoms with Crippen LogP contribution in [0.2, 0.25) is 0 Å². The Labute approximate surface area is 148 Å². The van der Waals surface area contributed by atoms with E-state index in [4.69, 9.17) is 4.98 Å². The van der Waals surface area contributed by atoms with Gasteiger partial charge in [-0.3, -0.25) is 9.69 Å². The summed E-state index contributed by atoms with van der Waals surface area (Å²) >= 11 is 0. The van der Waals surface area contributed by atoms with Gasteiger partial charge in [0.2, 0.25) is 5.91 Å². The van der Waals surface area contributed by atoms with Gasteiger partial charge in [0.25, 0.3) is 0 Å². The SMILES string of the molecule is CCn1c(CN2CC[C@@]3(NC(C)=O)CNC[C@H]3C2)nc2ccccc21. The maximum Gasteiger partial charge on any atom is 0.217 e. The number of aromatic nitrogens is 2. The molecule has 4 rings (SSSR count). The third-order valence-electron chi connectivity index (χ3n) is 5.81. The van der Waals surface area contributed by atoms with E-state index in [0.717, 1.165) is 57.0 Å². The Morgan fingerprint density at radius 2 is 2.28 bits per heavy atom. The maximum atomic E-state index is 11.6. The molecule has 2 aliphatic rings. The summed E-state index contributed by atoms with van der Waals surface area (Å²) in [5, 5.41) is 6.71. The summed E-state index contributed by atoms with van der Waals surface area (Å²) in [4.78, 5) is 19.0. The minimum Gasteiger partial charge on any atom is -0.349 e. The quantitative estimate of drug-likeness (QED) is 0.881. The van der Waals surface area contributed by atoms with E-state index in [9.17, 15) is 4.79 Å². The number of hydrogen-bond acceptors (Lipinski definition) is 4. The smallest absolute Gasteiger partial charge is 0.217 e. The monoisotopic (exact) mass is 341 g/mol. The van der Waals surface area contributed by atoms with Crippen molar-refractivity contribution in [2.24, 2.45) is 5.92 Å². The van der Waals surface area contributed by atoms with Crippen LogP contribution < -0.4 is 10.6 Å². The van der Waals surface area contributed by atoms with Crippen molar-refractivity contribution >= 4 is 16.9 Å². The van der Waals surface area contributed by atoms with Gasteiger partial charge < -0.3 is 15.2 Å². The molecule has 1 aromatic carbocycles. The Hall–Kier alpha value is -1.92. The molecular weight excluding hydrogens is 314 g/mol. The Balaban J connectivity index is 1.53. The van der Waals surface area contributed by atoms with Crippen LogP contribution >= 0.6 is 0 Å². The number of hydrogen-bond donors (Lipinski definition) is 2. The third kappa shape index (κ3) is 2.93. The first kappa shape index (κ1) is 16.5. The lowest BCUT2D eigenvalue weighted by atomic mass is 9.80. The Bertz CT molecular complexity index is 785. The van der Waals surface area contributed by atoms with Crippen molar-refractivity contribution in [2.45, 2.75) is 38.9 Å². The summed E-state index contributed by atoms with van der Waals surface area (Å²) < 4.78 is 2.32. The molecule has 1 amide bonds. The number of nitrogens with zero attached hydrogens (tertiary/aromatic N) is 3. The lowest BCUT2D eigenvalue weighted by molar-refractivity contribution is -0.121. The highest BCUT2D eigenvalue weighted by Gasteiger charge is 2.46. The number of para-hydroxylation sites is 2. The average Bonchev–Trinajstić information content (AvgIpc) is 3.14. The largest absolute Gasteiger partial charge is 0.349 e. The van der Waals surface area contributed by atoms with E-state index < -0.39 is 0 Å². The highest BCUT2D eigenvalue weighted by atomic mass is 16.1. The van der Waals surface area contributed by atoms with E-state index in [0.29, 0.717) is 5.92 Å². The van der Waals surface area contributed by atoms with Crippen LogP contribution in [0, 0.1) is 5.92 Å². The van der Waals surface area contributed by atoms with Crippen molar-refractivity contribution in [1.82, 2.24) is 25.1 Å². The predicted octanol–water partition coefficient (Wildman–Crippen LogP) is 1.36. The number of carbonyl (C=O) groups is 1. The molecule has 2 aromatic rings. The number of rotatable bonds is 4. The first-order chi connectivity index (χ1) is 12.1. The summed E-state index contributed by atoms with van der Waals surface area (Å²) in [6.07, 6.45) is 0.997. The molecule has 0 aliphatic carbocycles. The molecule has 25 heavy (non-hydrogen) atoms. The molecule has 2 atom stereocenters. The molecule has 2 N–H and O–H groups in total. The van der Waals surface area contributed by atoms with Gasteiger partial charge in [0, 0.05) is 45.6 Å². The van der Waals surface area contributed by atoms with Crippen molar-refractivity contribution in [3.63, 3.8) is 0 Å². The fourth-order valence-electron chi connectivity index (χ4n) is 4.60. The molecule has 1 aromatic heterocycles. The maximum absolute atomic E-state index is 11.6. The molecule has 2 saturated heterocycles. The lowest BCUT2D eigenvalue weighted by Gasteiger charge is -2.43. The fraction of sp³-hybridized carbons (Fsp3) is 0.579. The Morgan fingerprint density at radius 1 is 1.44 bits per heavy atom. The molecular formula is C19H27N5O. The first-order valence-corrected chi connectivity index (χ1v) is 9.27. The minimum atomic E-state index is -0.0623. The number of amides is 1. The molecule has 0 saturated carbocycles. The van der Waals surface area contributed by atoms with Crippen LogP contribution in [0.15, 0.2) is 24.3 Å².